The Bertz CT molecular complexity index is 534. The maximum atomic E-state index is 11.9. The molecule has 1 aromatic heterocycles. The first-order chi connectivity index (χ1) is 8.13. The van der Waals surface area contributed by atoms with Crippen LogP contribution in [0, 0.1) is 13.8 Å². The van der Waals surface area contributed by atoms with Crippen molar-refractivity contribution >= 4 is 10.8 Å². The van der Waals surface area contributed by atoms with Crippen LogP contribution >= 0.6 is 0 Å². The van der Waals surface area contributed by atoms with Crippen molar-refractivity contribution in [2.24, 2.45) is 0 Å². The van der Waals surface area contributed by atoms with Gasteiger partial charge in [-0.3, -0.25) is 4.21 Å². The van der Waals surface area contributed by atoms with Crippen LogP contribution in [0.25, 0.3) is 0 Å². The Kier molecular flexibility index (Phi) is 3.74. The Hall–Kier alpha value is -1.42. The van der Waals surface area contributed by atoms with Gasteiger partial charge in [0.15, 0.2) is 0 Å². The predicted octanol–water partition coefficient (Wildman–Crippen LogP) is 2.74. The summed E-state index contributed by atoms with van der Waals surface area (Å²) in [5, 5.41) is 3.85. The van der Waals surface area contributed by atoms with Crippen LogP contribution in [-0.4, -0.2) is 9.37 Å². The van der Waals surface area contributed by atoms with E-state index in [-0.39, 0.29) is 0 Å². The molecule has 2 rings (SSSR count). The molecule has 0 radical (unpaired) electrons. The number of aryl methyl sites for hydroxylation is 2. The highest BCUT2D eigenvalue weighted by Crippen LogP contribution is 2.10. The minimum absolute atomic E-state index is 0.450. The molecule has 0 saturated carbocycles. The van der Waals surface area contributed by atoms with Gasteiger partial charge in [-0.05, 0) is 19.4 Å². The zero-order valence-electron chi connectivity index (χ0n) is 9.97. The molecule has 0 aliphatic heterocycles. The minimum atomic E-state index is -0.939. The molecule has 0 bridgehead atoms. The molecule has 0 N–H and O–H groups in total. The van der Waals surface area contributed by atoms with Crippen LogP contribution in [0.2, 0.25) is 0 Å². The molecule has 0 aliphatic rings. The summed E-state index contributed by atoms with van der Waals surface area (Å²) in [6.45, 7) is 3.87. The van der Waals surface area contributed by atoms with Gasteiger partial charge in [0.2, 0.25) is 0 Å². The van der Waals surface area contributed by atoms with Crippen molar-refractivity contribution in [2.75, 3.05) is 0 Å². The molecular formula is C13H15NO2S. The largest absolute Gasteiger partial charge is 0.361 e. The molecule has 2 aromatic rings. The van der Waals surface area contributed by atoms with Crippen LogP contribution < -0.4 is 0 Å². The average Bonchev–Trinajstić information content (AvgIpc) is 2.63. The molecule has 0 unspecified atom stereocenters. The third kappa shape index (κ3) is 3.53. The Morgan fingerprint density at radius 3 is 2.71 bits per heavy atom. The Morgan fingerprint density at radius 1 is 1.24 bits per heavy atom. The lowest BCUT2D eigenvalue weighted by Crippen LogP contribution is -1.99. The van der Waals surface area contributed by atoms with Gasteiger partial charge >= 0.3 is 0 Å². The van der Waals surface area contributed by atoms with Gasteiger partial charge < -0.3 is 4.52 Å². The van der Waals surface area contributed by atoms with Crippen LogP contribution in [0.15, 0.2) is 34.9 Å². The van der Waals surface area contributed by atoms with Gasteiger partial charge in [0.05, 0.1) is 11.4 Å². The van der Waals surface area contributed by atoms with Crippen LogP contribution in [-0.2, 0) is 22.3 Å². The molecule has 0 aliphatic carbocycles. The maximum absolute atomic E-state index is 11.9. The standard InChI is InChI=1S/C13H15NO2S/c1-10-4-3-5-12(6-10)8-17(15)9-13-7-11(2)16-14-13/h3-7H,8-9H2,1-2H3/t17-/m1/s1. The fourth-order valence-electron chi connectivity index (χ4n) is 1.69. The molecule has 1 aromatic carbocycles. The summed E-state index contributed by atoms with van der Waals surface area (Å²) in [6.07, 6.45) is 0. The summed E-state index contributed by atoms with van der Waals surface area (Å²) >= 11 is 0. The van der Waals surface area contributed by atoms with Gasteiger partial charge in [0.25, 0.3) is 0 Å². The van der Waals surface area contributed by atoms with Gasteiger partial charge in [-0.25, -0.2) is 0 Å². The third-order valence-corrected chi connectivity index (χ3v) is 3.67. The maximum Gasteiger partial charge on any atom is 0.133 e. The van der Waals surface area contributed by atoms with Crippen LogP contribution in [0.3, 0.4) is 0 Å². The van der Waals surface area contributed by atoms with E-state index in [4.69, 9.17) is 4.52 Å². The SMILES string of the molecule is Cc1cccc(C[S@@](=O)Cc2cc(C)on2)c1. The highest BCUT2D eigenvalue weighted by molar-refractivity contribution is 7.83. The molecule has 0 fully saturated rings. The summed E-state index contributed by atoms with van der Waals surface area (Å²) in [4.78, 5) is 0. The Labute approximate surface area is 103 Å². The first kappa shape index (κ1) is 12.0. The minimum Gasteiger partial charge on any atom is -0.361 e. The van der Waals surface area contributed by atoms with Crippen molar-refractivity contribution in [3.8, 4) is 0 Å². The van der Waals surface area contributed by atoms with E-state index < -0.39 is 10.8 Å². The molecule has 90 valence electrons. The van der Waals surface area contributed by atoms with Crippen molar-refractivity contribution in [1.29, 1.82) is 0 Å². The van der Waals surface area contributed by atoms with Gasteiger partial charge in [-0.1, -0.05) is 35.0 Å². The van der Waals surface area contributed by atoms with Gasteiger partial charge in [-0.2, -0.15) is 0 Å². The van der Waals surface area contributed by atoms with Crippen molar-refractivity contribution in [1.82, 2.24) is 5.16 Å². The highest BCUT2D eigenvalue weighted by Gasteiger charge is 2.07. The second kappa shape index (κ2) is 5.27. The van der Waals surface area contributed by atoms with E-state index >= 15 is 0 Å². The lowest BCUT2D eigenvalue weighted by Gasteiger charge is -2.01. The van der Waals surface area contributed by atoms with E-state index in [0.717, 1.165) is 17.0 Å². The van der Waals surface area contributed by atoms with E-state index in [9.17, 15) is 4.21 Å². The zero-order valence-corrected chi connectivity index (χ0v) is 10.8. The molecule has 0 amide bonds. The number of aromatic nitrogens is 1. The molecular weight excluding hydrogens is 234 g/mol. The Balaban J connectivity index is 1.98. The predicted molar refractivity (Wildman–Crippen MR) is 68.0 cm³/mol. The number of rotatable bonds is 4. The average molecular weight is 249 g/mol. The van der Waals surface area contributed by atoms with E-state index in [2.05, 4.69) is 11.2 Å². The summed E-state index contributed by atoms with van der Waals surface area (Å²) < 4.78 is 16.9. The zero-order chi connectivity index (χ0) is 12.3. The summed E-state index contributed by atoms with van der Waals surface area (Å²) in [5.41, 5.74) is 3.05. The number of nitrogens with zero attached hydrogens (tertiary/aromatic N) is 1. The topological polar surface area (TPSA) is 43.1 Å². The van der Waals surface area contributed by atoms with Crippen molar-refractivity contribution in [3.63, 3.8) is 0 Å². The monoisotopic (exact) mass is 249 g/mol. The molecule has 4 heteroatoms. The normalized spacial score (nSPS) is 12.6. The third-order valence-electron chi connectivity index (χ3n) is 2.40. The van der Waals surface area contributed by atoms with Crippen molar-refractivity contribution in [3.05, 3.63) is 52.9 Å². The summed E-state index contributed by atoms with van der Waals surface area (Å²) in [7, 11) is -0.939. The second-order valence-electron chi connectivity index (χ2n) is 4.15. The highest BCUT2D eigenvalue weighted by atomic mass is 32.2. The first-order valence-electron chi connectivity index (χ1n) is 5.46. The van der Waals surface area contributed by atoms with E-state index in [1.807, 2.05) is 38.1 Å². The van der Waals surface area contributed by atoms with Gasteiger partial charge in [-0.15, -0.1) is 0 Å². The molecule has 3 nitrogen and oxygen atoms in total. The lowest BCUT2D eigenvalue weighted by molar-refractivity contribution is 0.392. The fourth-order valence-corrected chi connectivity index (χ4v) is 2.81. The van der Waals surface area contributed by atoms with Crippen molar-refractivity contribution in [2.45, 2.75) is 25.4 Å². The summed E-state index contributed by atoms with van der Waals surface area (Å²) in [5.74, 6) is 1.77. The van der Waals surface area contributed by atoms with Crippen LogP contribution in [0.1, 0.15) is 22.6 Å². The van der Waals surface area contributed by atoms with E-state index in [1.165, 1.54) is 5.56 Å². The van der Waals surface area contributed by atoms with Crippen molar-refractivity contribution < 1.29 is 8.73 Å². The van der Waals surface area contributed by atoms with Crippen LogP contribution in [0.4, 0.5) is 0 Å². The second-order valence-corrected chi connectivity index (χ2v) is 5.60. The number of hydrogen-bond acceptors (Lipinski definition) is 3. The summed E-state index contributed by atoms with van der Waals surface area (Å²) in [6, 6.07) is 9.91. The molecule has 1 atom stereocenters. The molecule has 0 spiro atoms. The van der Waals surface area contributed by atoms with Crippen LogP contribution in [0.5, 0.6) is 0 Å². The van der Waals surface area contributed by atoms with E-state index in [1.54, 1.807) is 0 Å². The lowest BCUT2D eigenvalue weighted by atomic mass is 10.2. The first-order valence-corrected chi connectivity index (χ1v) is 6.95. The fraction of sp³-hybridized carbons (Fsp3) is 0.308. The number of benzene rings is 1. The smallest absolute Gasteiger partial charge is 0.133 e. The molecule has 17 heavy (non-hydrogen) atoms. The van der Waals surface area contributed by atoms with Gasteiger partial charge in [0.1, 0.15) is 5.76 Å². The quantitative estimate of drug-likeness (QED) is 0.836. The molecule has 1 heterocycles. The number of hydrogen-bond donors (Lipinski definition) is 0. The van der Waals surface area contributed by atoms with Gasteiger partial charge in [0, 0.05) is 22.6 Å². The molecule has 0 saturated heterocycles. The van der Waals surface area contributed by atoms with E-state index in [0.29, 0.717) is 11.5 Å². The Morgan fingerprint density at radius 2 is 2.06 bits per heavy atom.